The number of esters is 1. The van der Waals surface area contributed by atoms with Crippen LogP contribution >= 0.6 is 0 Å². The lowest BCUT2D eigenvalue weighted by Gasteiger charge is -2.28. The van der Waals surface area contributed by atoms with Crippen molar-refractivity contribution >= 4 is 17.8 Å². The lowest BCUT2D eigenvalue weighted by molar-refractivity contribution is -0.152. The molecule has 0 saturated carbocycles. The molecule has 144 valence electrons. The van der Waals surface area contributed by atoms with Crippen LogP contribution in [0, 0.1) is 11.8 Å². The molecule has 1 aromatic rings. The van der Waals surface area contributed by atoms with E-state index in [2.05, 4.69) is 5.32 Å². The van der Waals surface area contributed by atoms with Gasteiger partial charge in [0.05, 0.1) is 26.1 Å². The summed E-state index contributed by atoms with van der Waals surface area (Å²) in [5.74, 6) is -1.48. The zero-order valence-corrected chi connectivity index (χ0v) is 15.4. The molecule has 2 amide bonds. The van der Waals surface area contributed by atoms with Crippen molar-refractivity contribution in [2.45, 2.75) is 18.5 Å². The highest BCUT2D eigenvalue weighted by Gasteiger charge is 2.66. The molecule has 2 fully saturated rings. The van der Waals surface area contributed by atoms with E-state index in [4.69, 9.17) is 18.9 Å². The molecule has 4 atom stereocenters. The van der Waals surface area contributed by atoms with Gasteiger partial charge >= 0.3 is 5.97 Å². The van der Waals surface area contributed by atoms with Gasteiger partial charge in [0, 0.05) is 24.7 Å². The number of hydrogen-bond acceptors (Lipinski definition) is 8. The summed E-state index contributed by atoms with van der Waals surface area (Å²) in [6, 6.07) is 2.76. The first-order chi connectivity index (χ1) is 12.8. The van der Waals surface area contributed by atoms with Gasteiger partial charge in [-0.1, -0.05) is 0 Å². The van der Waals surface area contributed by atoms with E-state index in [9.17, 15) is 14.4 Å². The number of rotatable bonds is 3. The average Bonchev–Trinajstić information content (AvgIpc) is 3.31. The zero-order chi connectivity index (χ0) is 19.5. The Hall–Kier alpha value is -2.81. The lowest BCUT2D eigenvalue weighted by Crippen LogP contribution is -2.53. The van der Waals surface area contributed by atoms with Gasteiger partial charge < -0.3 is 18.9 Å². The maximum Gasteiger partial charge on any atom is 0.326 e. The van der Waals surface area contributed by atoms with Crippen molar-refractivity contribution in [3.8, 4) is 17.2 Å². The number of imide groups is 1. The Labute approximate surface area is 155 Å². The first kappa shape index (κ1) is 17.6. The second-order valence-corrected chi connectivity index (χ2v) is 7.00. The van der Waals surface area contributed by atoms with Crippen LogP contribution in [0.3, 0.4) is 0 Å². The van der Waals surface area contributed by atoms with Crippen LogP contribution in [-0.2, 0) is 19.1 Å². The van der Waals surface area contributed by atoms with E-state index in [1.165, 1.54) is 21.3 Å². The van der Waals surface area contributed by atoms with E-state index < -0.39 is 35.3 Å². The third-order valence-corrected chi connectivity index (χ3v) is 5.68. The number of ether oxygens (including phenoxy) is 4. The number of carbonyl (C=O) groups is 3. The van der Waals surface area contributed by atoms with Gasteiger partial charge in [0.2, 0.25) is 18.6 Å². The van der Waals surface area contributed by atoms with E-state index in [1.54, 1.807) is 19.1 Å². The normalized spacial score (nSPS) is 31.3. The fraction of sp³-hybridized carbons (Fsp3) is 0.500. The number of nitrogens with one attached hydrogen (secondary N) is 1. The van der Waals surface area contributed by atoms with E-state index in [0.717, 1.165) is 4.90 Å². The predicted molar refractivity (Wildman–Crippen MR) is 90.2 cm³/mol. The molecule has 0 radical (unpaired) electrons. The molecular formula is C18H20N2O7. The summed E-state index contributed by atoms with van der Waals surface area (Å²) in [6.45, 7) is 1.67. The number of carbonyl (C=O) groups excluding carboxylic acids is 3. The Morgan fingerprint density at radius 1 is 1.22 bits per heavy atom. The number of nitrogens with zero attached hydrogens (tertiary/aromatic N) is 1. The first-order valence-corrected chi connectivity index (χ1v) is 8.48. The third kappa shape index (κ3) is 2.24. The van der Waals surface area contributed by atoms with Crippen LogP contribution in [0.25, 0.3) is 0 Å². The van der Waals surface area contributed by atoms with Crippen LogP contribution in [0.5, 0.6) is 17.2 Å². The Kier molecular flexibility index (Phi) is 3.81. The monoisotopic (exact) mass is 376 g/mol. The molecule has 27 heavy (non-hydrogen) atoms. The zero-order valence-electron chi connectivity index (χ0n) is 15.4. The maximum atomic E-state index is 12.8. The number of amides is 2. The van der Waals surface area contributed by atoms with Crippen molar-refractivity contribution in [1.29, 1.82) is 0 Å². The summed E-state index contributed by atoms with van der Waals surface area (Å²) in [7, 11) is 4.18. The number of methoxy groups -OCH3 is 2. The fourth-order valence-corrected chi connectivity index (χ4v) is 4.31. The van der Waals surface area contributed by atoms with Crippen LogP contribution in [0.15, 0.2) is 12.1 Å². The van der Waals surface area contributed by atoms with E-state index in [-0.39, 0.29) is 12.7 Å². The van der Waals surface area contributed by atoms with E-state index >= 15 is 0 Å². The minimum atomic E-state index is -1.34. The fourth-order valence-electron chi connectivity index (χ4n) is 4.31. The van der Waals surface area contributed by atoms with Gasteiger partial charge in [-0.05, 0) is 13.0 Å². The standard InChI is InChI=1S/C18H20N2O7/c1-18(17(23)25-4)13-12(15(21)20(2)16(13)22)14(19-18)8-5-10-11(27-7-26-10)6-9(8)24-3/h5-6,12-14,19H,7H2,1-4H3/t12-,13-,14-,18-/m1/s1. The molecule has 1 N–H and O–H groups in total. The number of benzene rings is 1. The smallest absolute Gasteiger partial charge is 0.326 e. The molecular weight excluding hydrogens is 356 g/mol. The topological polar surface area (TPSA) is 103 Å². The summed E-state index contributed by atoms with van der Waals surface area (Å²) in [5, 5.41) is 3.16. The van der Waals surface area contributed by atoms with Crippen LogP contribution in [0.4, 0.5) is 0 Å². The van der Waals surface area contributed by atoms with Gasteiger partial charge in [-0.3, -0.25) is 24.6 Å². The molecule has 9 nitrogen and oxygen atoms in total. The third-order valence-electron chi connectivity index (χ3n) is 5.68. The van der Waals surface area contributed by atoms with E-state index in [1.807, 2.05) is 0 Å². The van der Waals surface area contributed by atoms with Gasteiger partial charge in [-0.15, -0.1) is 0 Å². The molecule has 0 bridgehead atoms. The highest BCUT2D eigenvalue weighted by Crippen LogP contribution is 2.52. The van der Waals surface area contributed by atoms with Gasteiger partial charge in [0.15, 0.2) is 11.5 Å². The van der Waals surface area contributed by atoms with Crippen LogP contribution in [-0.4, -0.2) is 56.3 Å². The summed E-state index contributed by atoms with van der Waals surface area (Å²) >= 11 is 0. The van der Waals surface area contributed by atoms with Crippen molar-refractivity contribution in [1.82, 2.24) is 10.2 Å². The molecule has 0 spiro atoms. The van der Waals surface area contributed by atoms with Gasteiger partial charge in [0.1, 0.15) is 11.3 Å². The van der Waals surface area contributed by atoms with Gasteiger partial charge in [-0.25, -0.2) is 0 Å². The van der Waals surface area contributed by atoms with Crippen molar-refractivity contribution in [3.05, 3.63) is 17.7 Å². The SMILES string of the molecule is COC(=O)[C@]1(C)N[C@H](c2cc3c(cc2OC)OCO3)[C@@H]2C(=O)N(C)C(=O)[C@@H]21. The average molecular weight is 376 g/mol. The van der Waals surface area contributed by atoms with Crippen LogP contribution in [0.1, 0.15) is 18.5 Å². The minimum Gasteiger partial charge on any atom is -0.496 e. The van der Waals surface area contributed by atoms with Crippen molar-refractivity contribution in [2.75, 3.05) is 28.1 Å². The van der Waals surface area contributed by atoms with E-state index in [0.29, 0.717) is 22.8 Å². The van der Waals surface area contributed by atoms with Gasteiger partial charge in [-0.2, -0.15) is 0 Å². The quantitative estimate of drug-likeness (QED) is 0.591. The maximum absolute atomic E-state index is 12.8. The molecule has 9 heteroatoms. The number of fused-ring (bicyclic) bond motifs is 2. The summed E-state index contributed by atoms with van der Waals surface area (Å²) in [4.78, 5) is 39.1. The first-order valence-electron chi connectivity index (χ1n) is 8.48. The molecule has 0 aliphatic carbocycles. The molecule has 3 aliphatic heterocycles. The highest BCUT2D eigenvalue weighted by atomic mass is 16.7. The molecule has 3 aliphatic rings. The predicted octanol–water partition coefficient (Wildman–Crippen LogP) is 0.231. The minimum absolute atomic E-state index is 0.0894. The molecule has 4 rings (SSSR count). The summed E-state index contributed by atoms with van der Waals surface area (Å²) in [5.41, 5.74) is -0.732. The van der Waals surface area contributed by atoms with Crippen molar-refractivity contribution in [3.63, 3.8) is 0 Å². The molecule has 0 unspecified atom stereocenters. The van der Waals surface area contributed by atoms with Gasteiger partial charge in [0.25, 0.3) is 0 Å². The van der Waals surface area contributed by atoms with Crippen LogP contribution < -0.4 is 19.5 Å². The Bertz CT molecular complexity index is 854. The lowest BCUT2D eigenvalue weighted by atomic mass is 9.80. The summed E-state index contributed by atoms with van der Waals surface area (Å²) in [6.07, 6.45) is 0. The Balaban J connectivity index is 1.86. The molecule has 0 aromatic heterocycles. The number of hydrogen-bond donors (Lipinski definition) is 1. The second kappa shape index (κ2) is 5.85. The number of likely N-dealkylation sites (tertiary alicyclic amines) is 1. The molecule has 2 saturated heterocycles. The molecule has 3 heterocycles. The van der Waals surface area contributed by atoms with Crippen molar-refractivity contribution in [2.24, 2.45) is 11.8 Å². The largest absolute Gasteiger partial charge is 0.496 e. The molecule has 1 aromatic carbocycles. The second-order valence-electron chi connectivity index (χ2n) is 7.00. The van der Waals surface area contributed by atoms with Crippen molar-refractivity contribution < 1.29 is 33.3 Å². The highest BCUT2D eigenvalue weighted by molar-refractivity contribution is 6.09. The summed E-state index contributed by atoms with van der Waals surface area (Å²) < 4.78 is 21.2. The Morgan fingerprint density at radius 3 is 2.52 bits per heavy atom. The Morgan fingerprint density at radius 2 is 1.89 bits per heavy atom. The van der Waals surface area contributed by atoms with Crippen LogP contribution in [0.2, 0.25) is 0 Å².